The molecule has 1 N–H and O–H groups in total. The molecule has 0 spiro atoms. The molecule has 13 heavy (non-hydrogen) atoms. The Kier molecular flexibility index (Phi) is 2.69. The van der Waals surface area contributed by atoms with Crippen LogP contribution in [0.3, 0.4) is 0 Å². The van der Waals surface area contributed by atoms with Gasteiger partial charge >= 0.3 is 0 Å². The second kappa shape index (κ2) is 3.44. The molecule has 0 radical (unpaired) electrons. The predicted octanol–water partition coefficient (Wildman–Crippen LogP) is 0.257. The third-order valence-electron chi connectivity index (χ3n) is 2.76. The highest BCUT2D eigenvalue weighted by Crippen LogP contribution is 2.39. The van der Waals surface area contributed by atoms with Gasteiger partial charge in [-0.15, -0.1) is 0 Å². The van der Waals surface area contributed by atoms with Crippen LogP contribution in [0.5, 0.6) is 0 Å². The number of aliphatic hydroxyl groups is 1. The Hall–Kier alpha value is -0.920. The van der Waals surface area contributed by atoms with Crippen LogP contribution in [-0.4, -0.2) is 30.2 Å². The summed E-state index contributed by atoms with van der Waals surface area (Å²) in [6.45, 7) is 2.24. The second-order valence-electron chi connectivity index (χ2n) is 3.57. The Morgan fingerprint density at radius 1 is 1.62 bits per heavy atom. The zero-order valence-corrected chi connectivity index (χ0v) is 7.62. The summed E-state index contributed by atoms with van der Waals surface area (Å²) >= 11 is 0. The van der Waals surface area contributed by atoms with Crippen LogP contribution in [-0.2, 0) is 9.53 Å². The van der Waals surface area contributed by atoms with E-state index in [1.165, 1.54) is 6.92 Å². The molecule has 0 aromatic carbocycles. The number of hydrogen-bond donors (Lipinski definition) is 1. The van der Waals surface area contributed by atoms with Gasteiger partial charge in [0.05, 0.1) is 11.5 Å². The SMILES string of the molecule is CC(O)(C=O)C1(C#N)CCOCC1. The van der Waals surface area contributed by atoms with E-state index in [0.29, 0.717) is 32.3 Å². The highest BCUT2D eigenvalue weighted by atomic mass is 16.5. The van der Waals surface area contributed by atoms with Gasteiger partial charge in [0, 0.05) is 13.2 Å². The topological polar surface area (TPSA) is 70.3 Å². The molecule has 1 rings (SSSR count). The minimum atomic E-state index is -1.56. The van der Waals surface area contributed by atoms with Gasteiger partial charge < -0.3 is 14.6 Å². The Bertz CT molecular complexity index is 236. The number of rotatable bonds is 2. The monoisotopic (exact) mass is 183 g/mol. The average Bonchev–Trinajstić information content (AvgIpc) is 2.18. The molecule has 4 nitrogen and oxygen atoms in total. The third kappa shape index (κ3) is 1.58. The largest absolute Gasteiger partial charge is 0.381 e. The van der Waals surface area contributed by atoms with Crippen molar-refractivity contribution in [3.8, 4) is 6.07 Å². The fraction of sp³-hybridized carbons (Fsp3) is 0.778. The van der Waals surface area contributed by atoms with Gasteiger partial charge in [0.25, 0.3) is 0 Å². The first-order valence-corrected chi connectivity index (χ1v) is 4.26. The van der Waals surface area contributed by atoms with Crippen molar-refractivity contribution in [3.05, 3.63) is 0 Å². The molecular formula is C9H13NO3. The number of carbonyl (C=O) groups excluding carboxylic acids is 1. The van der Waals surface area contributed by atoms with Crippen molar-refractivity contribution in [1.82, 2.24) is 0 Å². The van der Waals surface area contributed by atoms with Crippen molar-refractivity contribution in [2.24, 2.45) is 5.41 Å². The summed E-state index contributed by atoms with van der Waals surface area (Å²) in [5.41, 5.74) is -2.53. The van der Waals surface area contributed by atoms with Crippen LogP contribution < -0.4 is 0 Å². The van der Waals surface area contributed by atoms with Crippen LogP contribution in [0.2, 0.25) is 0 Å². The highest BCUT2D eigenvalue weighted by molar-refractivity contribution is 5.64. The van der Waals surface area contributed by atoms with Crippen molar-refractivity contribution in [1.29, 1.82) is 5.26 Å². The molecule has 0 bridgehead atoms. The standard InChI is InChI=1S/C9H13NO3/c1-8(12,7-11)9(6-10)2-4-13-5-3-9/h7,12H,2-5H2,1H3. The number of hydrogen-bond acceptors (Lipinski definition) is 4. The molecule has 0 aromatic heterocycles. The quantitative estimate of drug-likeness (QED) is 0.623. The van der Waals surface area contributed by atoms with Crippen LogP contribution in [0, 0.1) is 16.7 Å². The molecule has 4 heteroatoms. The van der Waals surface area contributed by atoms with Crippen molar-refractivity contribution in [3.63, 3.8) is 0 Å². The molecular weight excluding hydrogens is 170 g/mol. The number of nitriles is 1. The minimum absolute atomic E-state index is 0.412. The van der Waals surface area contributed by atoms with Crippen molar-refractivity contribution < 1.29 is 14.6 Å². The fourth-order valence-electron chi connectivity index (χ4n) is 1.56. The van der Waals surface area contributed by atoms with E-state index < -0.39 is 11.0 Å². The Balaban J connectivity index is 2.92. The first-order chi connectivity index (χ1) is 6.08. The Morgan fingerprint density at radius 2 is 2.15 bits per heavy atom. The van der Waals surface area contributed by atoms with Gasteiger partial charge in [-0.3, -0.25) is 0 Å². The Labute approximate surface area is 77.1 Å². The van der Waals surface area contributed by atoms with E-state index in [0.717, 1.165) is 0 Å². The highest BCUT2D eigenvalue weighted by Gasteiger charge is 2.48. The molecule has 1 aliphatic heterocycles. The van der Waals surface area contributed by atoms with E-state index in [-0.39, 0.29) is 0 Å². The lowest BCUT2D eigenvalue weighted by Crippen LogP contribution is -2.49. The summed E-state index contributed by atoms with van der Waals surface area (Å²) in [5, 5.41) is 18.7. The average molecular weight is 183 g/mol. The summed E-state index contributed by atoms with van der Waals surface area (Å²) in [6.07, 6.45) is 1.27. The van der Waals surface area contributed by atoms with Gasteiger partial charge in [-0.25, -0.2) is 0 Å². The van der Waals surface area contributed by atoms with Crippen LogP contribution in [0.25, 0.3) is 0 Å². The van der Waals surface area contributed by atoms with Gasteiger partial charge in [0.2, 0.25) is 0 Å². The maximum Gasteiger partial charge on any atom is 0.152 e. The summed E-state index contributed by atoms with van der Waals surface area (Å²) in [6, 6.07) is 2.05. The summed E-state index contributed by atoms with van der Waals surface area (Å²) in [4.78, 5) is 10.6. The first kappa shape index (κ1) is 10.2. The van der Waals surface area contributed by atoms with Gasteiger partial charge in [-0.05, 0) is 19.8 Å². The predicted molar refractivity (Wildman–Crippen MR) is 44.8 cm³/mol. The number of nitrogens with zero attached hydrogens (tertiary/aromatic N) is 1. The van der Waals surface area contributed by atoms with Crippen LogP contribution >= 0.6 is 0 Å². The van der Waals surface area contributed by atoms with E-state index in [2.05, 4.69) is 0 Å². The van der Waals surface area contributed by atoms with Crippen molar-refractivity contribution in [2.75, 3.05) is 13.2 Å². The normalized spacial score (nSPS) is 25.6. The summed E-state index contributed by atoms with van der Waals surface area (Å²) in [5.74, 6) is 0. The van der Waals surface area contributed by atoms with Gasteiger partial charge in [-0.1, -0.05) is 0 Å². The van der Waals surface area contributed by atoms with Gasteiger partial charge in [0.1, 0.15) is 5.60 Å². The summed E-state index contributed by atoms with van der Waals surface area (Å²) in [7, 11) is 0. The van der Waals surface area contributed by atoms with E-state index in [1.807, 2.05) is 6.07 Å². The molecule has 0 amide bonds. The molecule has 0 aliphatic carbocycles. The zero-order valence-electron chi connectivity index (χ0n) is 7.62. The fourth-order valence-corrected chi connectivity index (χ4v) is 1.56. The van der Waals surface area contributed by atoms with Crippen LogP contribution in [0.1, 0.15) is 19.8 Å². The van der Waals surface area contributed by atoms with E-state index in [1.54, 1.807) is 0 Å². The zero-order chi connectivity index (χ0) is 9.95. The second-order valence-corrected chi connectivity index (χ2v) is 3.57. The summed E-state index contributed by atoms with van der Waals surface area (Å²) < 4.78 is 5.09. The van der Waals surface area contributed by atoms with Crippen molar-refractivity contribution in [2.45, 2.75) is 25.4 Å². The van der Waals surface area contributed by atoms with Crippen LogP contribution in [0.15, 0.2) is 0 Å². The van der Waals surface area contributed by atoms with E-state index in [4.69, 9.17) is 10.00 Å². The number of aldehydes is 1. The molecule has 1 atom stereocenters. The third-order valence-corrected chi connectivity index (χ3v) is 2.76. The first-order valence-electron chi connectivity index (χ1n) is 4.26. The number of ether oxygens (including phenoxy) is 1. The molecule has 0 saturated carbocycles. The van der Waals surface area contributed by atoms with E-state index >= 15 is 0 Å². The maximum atomic E-state index is 10.6. The maximum absolute atomic E-state index is 10.6. The minimum Gasteiger partial charge on any atom is -0.381 e. The molecule has 1 unspecified atom stereocenters. The Morgan fingerprint density at radius 3 is 2.54 bits per heavy atom. The molecule has 1 heterocycles. The molecule has 1 saturated heterocycles. The number of carbonyl (C=O) groups is 1. The van der Waals surface area contributed by atoms with Crippen LogP contribution in [0.4, 0.5) is 0 Å². The van der Waals surface area contributed by atoms with Crippen molar-refractivity contribution >= 4 is 6.29 Å². The lowest BCUT2D eigenvalue weighted by Gasteiger charge is -2.38. The molecule has 1 aliphatic rings. The molecule has 0 aromatic rings. The smallest absolute Gasteiger partial charge is 0.152 e. The lowest BCUT2D eigenvalue weighted by atomic mass is 9.69. The van der Waals surface area contributed by atoms with E-state index in [9.17, 15) is 9.90 Å². The lowest BCUT2D eigenvalue weighted by molar-refractivity contribution is -0.139. The van der Waals surface area contributed by atoms with Gasteiger partial charge in [-0.2, -0.15) is 5.26 Å². The van der Waals surface area contributed by atoms with Gasteiger partial charge in [0.15, 0.2) is 6.29 Å². The molecule has 72 valence electrons. The molecule has 1 fully saturated rings.